The highest BCUT2D eigenvalue weighted by Gasteiger charge is 2.44. The van der Waals surface area contributed by atoms with Gasteiger partial charge in [-0.2, -0.15) is 4.31 Å². The predicted molar refractivity (Wildman–Crippen MR) is 88.3 cm³/mol. The molecule has 0 aromatic heterocycles. The third kappa shape index (κ3) is 3.28. The van der Waals surface area contributed by atoms with Crippen LogP contribution >= 0.6 is 12.4 Å². The standard InChI is InChI=1S/C15H19FN2O4S.ClH/c1-22-15(19)13-5-2-10(16)8-14(13)23(20,21)18-11-3-4-12(18)9-17-7-6-11;/h2,5,8,11-12,17H,3-4,6-7,9H2,1H3;1H. The number of carbonyl (C=O) groups excluding carboxylic acids is 1. The van der Waals surface area contributed by atoms with Crippen LogP contribution in [0.1, 0.15) is 29.6 Å². The number of hydrogen-bond acceptors (Lipinski definition) is 5. The van der Waals surface area contributed by atoms with Gasteiger partial charge in [0.25, 0.3) is 0 Å². The molecule has 0 spiro atoms. The van der Waals surface area contributed by atoms with E-state index >= 15 is 0 Å². The molecule has 6 nitrogen and oxygen atoms in total. The maximum absolute atomic E-state index is 13.7. The number of hydrogen-bond donors (Lipinski definition) is 1. The second kappa shape index (κ2) is 7.35. The summed E-state index contributed by atoms with van der Waals surface area (Å²) in [7, 11) is -2.81. The number of methoxy groups -OCH3 is 1. The first-order valence-electron chi connectivity index (χ1n) is 7.57. The number of nitrogens with one attached hydrogen (secondary N) is 1. The fourth-order valence-electron chi connectivity index (χ4n) is 3.43. The van der Waals surface area contributed by atoms with Gasteiger partial charge >= 0.3 is 5.97 Å². The van der Waals surface area contributed by atoms with E-state index < -0.39 is 21.8 Å². The van der Waals surface area contributed by atoms with Crippen LogP contribution in [0, 0.1) is 5.82 Å². The molecular weight excluding hydrogens is 359 g/mol. The number of nitrogens with zero attached hydrogens (tertiary/aromatic N) is 1. The molecule has 0 saturated carbocycles. The molecule has 1 aromatic carbocycles. The largest absolute Gasteiger partial charge is 0.465 e. The van der Waals surface area contributed by atoms with Crippen molar-refractivity contribution in [2.24, 2.45) is 0 Å². The Hall–Kier alpha value is -1.22. The van der Waals surface area contributed by atoms with Crippen molar-refractivity contribution >= 4 is 28.4 Å². The van der Waals surface area contributed by atoms with E-state index in [-0.39, 0.29) is 34.9 Å². The molecule has 2 aliphatic rings. The Balaban J connectivity index is 0.00000208. The average molecular weight is 379 g/mol. The number of fused-ring (bicyclic) bond motifs is 2. The van der Waals surface area contributed by atoms with Gasteiger partial charge in [0.05, 0.1) is 17.6 Å². The Morgan fingerprint density at radius 1 is 1.29 bits per heavy atom. The van der Waals surface area contributed by atoms with Crippen molar-refractivity contribution in [3.8, 4) is 0 Å². The van der Waals surface area contributed by atoms with E-state index in [0.717, 1.165) is 37.6 Å². The van der Waals surface area contributed by atoms with Crippen LogP contribution in [-0.2, 0) is 14.8 Å². The quantitative estimate of drug-likeness (QED) is 0.808. The summed E-state index contributed by atoms with van der Waals surface area (Å²) in [5.74, 6) is -1.49. The monoisotopic (exact) mass is 378 g/mol. The summed E-state index contributed by atoms with van der Waals surface area (Å²) in [5.41, 5.74) is -0.134. The van der Waals surface area contributed by atoms with E-state index in [0.29, 0.717) is 13.0 Å². The lowest BCUT2D eigenvalue weighted by Gasteiger charge is -2.27. The topological polar surface area (TPSA) is 75.7 Å². The van der Waals surface area contributed by atoms with E-state index in [2.05, 4.69) is 10.1 Å². The van der Waals surface area contributed by atoms with E-state index in [1.54, 1.807) is 0 Å². The number of benzene rings is 1. The molecule has 2 atom stereocenters. The molecule has 0 amide bonds. The number of halogens is 2. The van der Waals surface area contributed by atoms with Gasteiger partial charge in [-0.3, -0.25) is 0 Å². The van der Waals surface area contributed by atoms with Crippen molar-refractivity contribution < 1.29 is 22.3 Å². The summed E-state index contributed by atoms with van der Waals surface area (Å²) in [4.78, 5) is 11.6. The third-order valence-electron chi connectivity index (χ3n) is 4.49. The summed E-state index contributed by atoms with van der Waals surface area (Å²) in [5, 5.41) is 3.22. The molecule has 0 aliphatic carbocycles. The van der Waals surface area contributed by atoms with Crippen LogP contribution in [0.25, 0.3) is 0 Å². The van der Waals surface area contributed by atoms with Gasteiger partial charge < -0.3 is 10.1 Å². The molecule has 1 aromatic rings. The Kier molecular flexibility index (Phi) is 5.85. The highest BCUT2D eigenvalue weighted by molar-refractivity contribution is 7.89. The molecule has 1 N–H and O–H groups in total. The molecule has 9 heteroatoms. The fraction of sp³-hybridized carbons (Fsp3) is 0.533. The number of ether oxygens (including phenoxy) is 1. The molecule has 134 valence electrons. The average Bonchev–Trinajstić information content (AvgIpc) is 2.80. The van der Waals surface area contributed by atoms with E-state index in [1.165, 1.54) is 11.4 Å². The van der Waals surface area contributed by atoms with Crippen LogP contribution in [0.5, 0.6) is 0 Å². The lowest BCUT2D eigenvalue weighted by Crippen LogP contribution is -2.42. The second-order valence-corrected chi connectivity index (χ2v) is 7.66. The number of carbonyl (C=O) groups is 1. The lowest BCUT2D eigenvalue weighted by atomic mass is 10.1. The van der Waals surface area contributed by atoms with Crippen LogP contribution in [0.15, 0.2) is 23.1 Å². The SMILES string of the molecule is COC(=O)c1ccc(F)cc1S(=O)(=O)N1C2CCNCC1CC2.Cl. The Morgan fingerprint density at radius 3 is 2.71 bits per heavy atom. The van der Waals surface area contributed by atoms with Crippen molar-refractivity contribution in [3.63, 3.8) is 0 Å². The Labute approximate surface area is 146 Å². The molecule has 24 heavy (non-hydrogen) atoms. The van der Waals surface area contributed by atoms with Gasteiger partial charge in [-0.1, -0.05) is 0 Å². The van der Waals surface area contributed by atoms with Crippen molar-refractivity contribution in [2.75, 3.05) is 20.2 Å². The first-order valence-corrected chi connectivity index (χ1v) is 9.01. The van der Waals surface area contributed by atoms with E-state index in [9.17, 15) is 17.6 Å². The minimum Gasteiger partial charge on any atom is -0.465 e. The van der Waals surface area contributed by atoms with Crippen molar-refractivity contribution in [1.29, 1.82) is 0 Å². The highest BCUT2D eigenvalue weighted by atomic mass is 35.5. The minimum atomic E-state index is -3.98. The fourth-order valence-corrected chi connectivity index (χ4v) is 5.53. The van der Waals surface area contributed by atoms with Crippen molar-refractivity contribution in [2.45, 2.75) is 36.2 Å². The van der Waals surface area contributed by atoms with Gasteiger partial charge in [0, 0.05) is 18.6 Å². The van der Waals surface area contributed by atoms with Gasteiger partial charge in [0.1, 0.15) is 5.82 Å². The highest BCUT2D eigenvalue weighted by Crippen LogP contribution is 2.35. The summed E-state index contributed by atoms with van der Waals surface area (Å²) < 4.78 is 46.0. The molecule has 2 bridgehead atoms. The van der Waals surface area contributed by atoms with Crippen LogP contribution in [-0.4, -0.2) is 51.0 Å². The summed E-state index contributed by atoms with van der Waals surface area (Å²) in [6, 6.07) is 2.84. The summed E-state index contributed by atoms with van der Waals surface area (Å²) in [6.45, 7) is 1.32. The van der Waals surface area contributed by atoms with Crippen molar-refractivity contribution in [1.82, 2.24) is 9.62 Å². The third-order valence-corrected chi connectivity index (χ3v) is 6.54. The van der Waals surface area contributed by atoms with Gasteiger partial charge in [0.2, 0.25) is 10.0 Å². The Bertz CT molecular complexity index is 714. The Morgan fingerprint density at radius 2 is 2.00 bits per heavy atom. The lowest BCUT2D eigenvalue weighted by molar-refractivity contribution is 0.0596. The number of esters is 1. The van der Waals surface area contributed by atoms with Gasteiger partial charge in [-0.25, -0.2) is 17.6 Å². The predicted octanol–water partition coefficient (Wildman–Crippen LogP) is 1.55. The maximum atomic E-state index is 13.7. The first-order chi connectivity index (χ1) is 10.9. The van der Waals surface area contributed by atoms with Gasteiger partial charge in [-0.15, -0.1) is 12.4 Å². The molecular formula is C15H20ClFN2O4S. The van der Waals surface area contributed by atoms with Gasteiger partial charge in [0.15, 0.2) is 0 Å². The van der Waals surface area contributed by atoms with Crippen molar-refractivity contribution in [3.05, 3.63) is 29.6 Å². The zero-order chi connectivity index (χ0) is 16.6. The first kappa shape index (κ1) is 19.1. The molecule has 2 heterocycles. The molecule has 2 unspecified atom stereocenters. The van der Waals surface area contributed by atoms with E-state index in [1.807, 2.05) is 0 Å². The number of rotatable bonds is 3. The number of sulfonamides is 1. The summed E-state index contributed by atoms with van der Waals surface area (Å²) in [6.07, 6.45) is 2.26. The van der Waals surface area contributed by atoms with E-state index in [4.69, 9.17) is 0 Å². The molecule has 0 radical (unpaired) electrons. The van der Waals surface area contributed by atoms with Crippen LogP contribution < -0.4 is 5.32 Å². The van der Waals surface area contributed by atoms with Gasteiger partial charge in [-0.05, 0) is 44.0 Å². The maximum Gasteiger partial charge on any atom is 0.339 e. The van der Waals surface area contributed by atoms with Crippen LogP contribution in [0.2, 0.25) is 0 Å². The zero-order valence-electron chi connectivity index (χ0n) is 13.2. The smallest absolute Gasteiger partial charge is 0.339 e. The summed E-state index contributed by atoms with van der Waals surface area (Å²) >= 11 is 0. The van der Waals surface area contributed by atoms with Crippen LogP contribution in [0.4, 0.5) is 4.39 Å². The normalized spacial score (nSPS) is 24.1. The molecule has 2 fully saturated rings. The van der Waals surface area contributed by atoms with Crippen LogP contribution in [0.3, 0.4) is 0 Å². The molecule has 3 rings (SSSR count). The molecule has 2 saturated heterocycles. The molecule has 2 aliphatic heterocycles. The minimum absolute atomic E-state index is 0. The zero-order valence-corrected chi connectivity index (χ0v) is 14.8. The second-order valence-electron chi connectivity index (χ2n) is 5.84.